The zero-order valence-corrected chi connectivity index (χ0v) is 18.9. The van der Waals surface area contributed by atoms with Crippen molar-refractivity contribution >= 4 is 21.8 Å². The molecule has 7 heteroatoms. The van der Waals surface area contributed by atoms with Crippen LogP contribution in [0.1, 0.15) is 5.56 Å². The topological polar surface area (TPSA) is 63.4 Å². The number of sulfonamides is 1. The Morgan fingerprint density at radius 2 is 1.52 bits per heavy atom. The number of nitrogens with zero attached hydrogens (tertiary/aromatic N) is 2. The second kappa shape index (κ2) is 9.09. The zero-order chi connectivity index (χ0) is 21.8. The van der Waals surface area contributed by atoms with Gasteiger partial charge in [0.15, 0.2) is 5.76 Å². The van der Waals surface area contributed by atoms with Crippen molar-refractivity contribution in [3.05, 3.63) is 90.5 Å². The molecule has 0 aliphatic carbocycles. The first kappa shape index (κ1) is 21.4. The van der Waals surface area contributed by atoms with Crippen molar-refractivity contribution in [1.29, 1.82) is 0 Å². The Hall–Kier alpha value is -2.87. The van der Waals surface area contributed by atoms with Gasteiger partial charge in [0.25, 0.3) is 5.22 Å². The molecule has 0 unspecified atom stereocenters. The largest absolute Gasteiger partial charge is 0.431 e. The third-order valence-corrected chi connectivity index (χ3v) is 7.44. The standard InChI is InChI=1S/C24H22N2O3S2/c1-26(2)31(27,28)21-15-9-10-18(16-21)17-30-24-25-22(19-11-5-3-6-12-19)23(29-24)20-13-7-4-8-14-20/h3-16H,17H2,1-2H3. The first-order valence-electron chi connectivity index (χ1n) is 9.71. The third kappa shape index (κ3) is 4.74. The normalized spacial score (nSPS) is 11.7. The summed E-state index contributed by atoms with van der Waals surface area (Å²) in [6, 6.07) is 26.8. The lowest BCUT2D eigenvalue weighted by Gasteiger charge is -2.12. The van der Waals surface area contributed by atoms with E-state index in [1.807, 2.05) is 66.7 Å². The van der Waals surface area contributed by atoms with Crippen LogP contribution in [0.4, 0.5) is 0 Å². The first-order valence-corrected chi connectivity index (χ1v) is 12.1. The summed E-state index contributed by atoms with van der Waals surface area (Å²) in [5.74, 6) is 1.26. The lowest BCUT2D eigenvalue weighted by atomic mass is 10.1. The highest BCUT2D eigenvalue weighted by Crippen LogP contribution is 2.36. The fraction of sp³-hybridized carbons (Fsp3) is 0.125. The summed E-state index contributed by atoms with van der Waals surface area (Å²) in [7, 11) is -0.417. The Kier molecular flexibility index (Phi) is 6.27. The summed E-state index contributed by atoms with van der Waals surface area (Å²) in [6.07, 6.45) is 0. The SMILES string of the molecule is CN(C)S(=O)(=O)c1cccc(CSc2nc(-c3ccccc3)c(-c3ccccc3)o2)c1. The van der Waals surface area contributed by atoms with Crippen LogP contribution >= 0.6 is 11.8 Å². The lowest BCUT2D eigenvalue weighted by molar-refractivity contribution is 0.466. The van der Waals surface area contributed by atoms with E-state index in [1.54, 1.807) is 18.2 Å². The van der Waals surface area contributed by atoms with E-state index >= 15 is 0 Å². The van der Waals surface area contributed by atoms with E-state index in [9.17, 15) is 8.42 Å². The van der Waals surface area contributed by atoms with Gasteiger partial charge in [0.2, 0.25) is 10.0 Å². The molecule has 158 valence electrons. The van der Waals surface area contributed by atoms with Gasteiger partial charge in [-0.2, -0.15) is 0 Å². The summed E-state index contributed by atoms with van der Waals surface area (Å²) in [4.78, 5) is 5.02. The van der Waals surface area contributed by atoms with E-state index < -0.39 is 10.0 Å². The molecule has 0 atom stereocenters. The van der Waals surface area contributed by atoms with Gasteiger partial charge in [-0.15, -0.1) is 0 Å². The Labute approximate surface area is 186 Å². The van der Waals surface area contributed by atoms with Crippen LogP contribution in [0.5, 0.6) is 0 Å². The summed E-state index contributed by atoms with van der Waals surface area (Å²) in [5, 5.41) is 0.540. The van der Waals surface area contributed by atoms with Gasteiger partial charge in [0.05, 0.1) is 4.90 Å². The summed E-state index contributed by atoms with van der Waals surface area (Å²) < 4.78 is 32.2. The van der Waals surface area contributed by atoms with Crippen molar-refractivity contribution in [2.45, 2.75) is 15.9 Å². The minimum Gasteiger partial charge on any atom is -0.431 e. The Balaban J connectivity index is 1.63. The molecule has 31 heavy (non-hydrogen) atoms. The van der Waals surface area contributed by atoms with Crippen LogP contribution in [-0.2, 0) is 15.8 Å². The minimum absolute atomic E-state index is 0.276. The maximum atomic E-state index is 12.4. The number of rotatable bonds is 7. The fourth-order valence-corrected chi connectivity index (χ4v) is 4.83. The maximum Gasteiger partial charge on any atom is 0.257 e. The average molecular weight is 451 g/mol. The number of oxazole rings is 1. The molecule has 0 saturated carbocycles. The fourth-order valence-electron chi connectivity index (χ4n) is 3.09. The van der Waals surface area contributed by atoms with Crippen LogP contribution in [0.25, 0.3) is 22.6 Å². The molecule has 1 aromatic heterocycles. The van der Waals surface area contributed by atoms with E-state index in [2.05, 4.69) is 0 Å². The van der Waals surface area contributed by atoms with Crippen LogP contribution in [0.3, 0.4) is 0 Å². The summed E-state index contributed by atoms with van der Waals surface area (Å²) in [5.41, 5.74) is 3.61. The molecule has 0 N–H and O–H groups in total. The number of aromatic nitrogens is 1. The lowest BCUT2D eigenvalue weighted by Crippen LogP contribution is -2.22. The molecule has 4 aromatic rings. The van der Waals surface area contributed by atoms with E-state index in [0.717, 1.165) is 28.1 Å². The van der Waals surface area contributed by atoms with Crippen molar-refractivity contribution in [1.82, 2.24) is 9.29 Å². The van der Waals surface area contributed by atoms with Gasteiger partial charge in [0, 0.05) is 31.0 Å². The predicted octanol–water partition coefficient (Wildman–Crippen LogP) is 5.55. The van der Waals surface area contributed by atoms with Gasteiger partial charge in [-0.25, -0.2) is 17.7 Å². The van der Waals surface area contributed by atoms with Crippen LogP contribution in [0.15, 0.2) is 99.5 Å². The number of benzene rings is 3. The monoisotopic (exact) mass is 450 g/mol. The molecule has 5 nitrogen and oxygen atoms in total. The van der Waals surface area contributed by atoms with E-state index in [1.165, 1.54) is 30.2 Å². The molecule has 0 aliphatic rings. The van der Waals surface area contributed by atoms with Crippen molar-refractivity contribution < 1.29 is 12.8 Å². The third-order valence-electron chi connectivity index (χ3n) is 4.73. The number of thioether (sulfide) groups is 1. The second-order valence-corrected chi connectivity index (χ2v) is 10.2. The van der Waals surface area contributed by atoms with Crippen LogP contribution < -0.4 is 0 Å². The van der Waals surface area contributed by atoms with E-state index in [-0.39, 0.29) is 4.90 Å². The maximum absolute atomic E-state index is 12.4. The van der Waals surface area contributed by atoms with Crippen LogP contribution in [-0.4, -0.2) is 31.8 Å². The molecule has 3 aromatic carbocycles. The summed E-state index contributed by atoms with van der Waals surface area (Å²) in [6.45, 7) is 0. The Morgan fingerprint density at radius 1 is 0.871 bits per heavy atom. The molecule has 0 aliphatic heterocycles. The van der Waals surface area contributed by atoms with Gasteiger partial charge in [-0.1, -0.05) is 84.6 Å². The summed E-state index contributed by atoms with van der Waals surface area (Å²) >= 11 is 1.44. The van der Waals surface area contributed by atoms with Gasteiger partial charge in [-0.05, 0) is 17.7 Å². The first-order chi connectivity index (χ1) is 14.9. The molecule has 0 radical (unpaired) electrons. The molecule has 0 fully saturated rings. The number of hydrogen-bond acceptors (Lipinski definition) is 5. The van der Waals surface area contributed by atoms with E-state index in [0.29, 0.717) is 11.0 Å². The highest BCUT2D eigenvalue weighted by atomic mass is 32.2. The van der Waals surface area contributed by atoms with Gasteiger partial charge in [0.1, 0.15) is 5.69 Å². The quantitative estimate of drug-likeness (QED) is 0.345. The van der Waals surface area contributed by atoms with Gasteiger partial charge in [-0.3, -0.25) is 0 Å². The highest BCUT2D eigenvalue weighted by Gasteiger charge is 2.19. The molecular formula is C24H22N2O3S2. The van der Waals surface area contributed by atoms with Crippen LogP contribution in [0.2, 0.25) is 0 Å². The van der Waals surface area contributed by atoms with Gasteiger partial charge < -0.3 is 4.42 Å². The average Bonchev–Trinajstić information content (AvgIpc) is 3.23. The van der Waals surface area contributed by atoms with Crippen molar-refractivity contribution in [2.24, 2.45) is 0 Å². The molecule has 0 spiro atoms. The minimum atomic E-state index is -3.47. The van der Waals surface area contributed by atoms with Crippen LogP contribution in [0, 0.1) is 0 Å². The van der Waals surface area contributed by atoms with Crippen molar-refractivity contribution in [3.63, 3.8) is 0 Å². The molecular weight excluding hydrogens is 428 g/mol. The van der Waals surface area contributed by atoms with Crippen molar-refractivity contribution in [3.8, 4) is 22.6 Å². The Morgan fingerprint density at radius 3 is 2.16 bits per heavy atom. The van der Waals surface area contributed by atoms with E-state index in [4.69, 9.17) is 9.40 Å². The molecule has 0 bridgehead atoms. The van der Waals surface area contributed by atoms with Gasteiger partial charge >= 0.3 is 0 Å². The Bertz CT molecular complexity index is 1210. The molecule has 0 amide bonds. The zero-order valence-electron chi connectivity index (χ0n) is 17.2. The highest BCUT2D eigenvalue weighted by molar-refractivity contribution is 7.98. The second-order valence-electron chi connectivity index (χ2n) is 7.11. The number of hydrogen-bond donors (Lipinski definition) is 0. The molecule has 1 heterocycles. The smallest absolute Gasteiger partial charge is 0.257 e. The van der Waals surface area contributed by atoms with Crippen molar-refractivity contribution in [2.75, 3.05) is 14.1 Å². The molecule has 0 saturated heterocycles. The predicted molar refractivity (Wildman–Crippen MR) is 124 cm³/mol. The molecule has 4 rings (SSSR count).